The fourth-order valence-electron chi connectivity index (χ4n) is 2.71. The molecule has 1 aromatic heterocycles. The van der Waals surface area contributed by atoms with Gasteiger partial charge in [-0.25, -0.2) is 4.39 Å². The van der Waals surface area contributed by atoms with Gasteiger partial charge < -0.3 is 5.32 Å². The van der Waals surface area contributed by atoms with E-state index >= 15 is 0 Å². The van der Waals surface area contributed by atoms with Gasteiger partial charge in [-0.1, -0.05) is 18.2 Å². The largest absolute Gasteiger partial charge is 0.316 e. The number of nitrogens with one attached hydrogen (secondary N) is 1. The lowest BCUT2D eigenvalue weighted by Crippen LogP contribution is -2.34. The van der Waals surface area contributed by atoms with E-state index in [4.69, 9.17) is 0 Å². The van der Waals surface area contributed by atoms with Crippen molar-refractivity contribution in [3.05, 3.63) is 52.2 Å². The number of hydrogen-bond donors (Lipinski definition) is 1. The number of rotatable bonds is 2. The van der Waals surface area contributed by atoms with Gasteiger partial charge in [-0.2, -0.15) is 0 Å². The smallest absolute Gasteiger partial charge is 0.126 e. The zero-order chi connectivity index (χ0) is 12.4. The molecule has 94 valence electrons. The second-order valence-electron chi connectivity index (χ2n) is 4.63. The lowest BCUT2D eigenvalue weighted by Gasteiger charge is -2.32. The van der Waals surface area contributed by atoms with E-state index in [0.29, 0.717) is 5.92 Å². The Hall–Kier alpha value is -1.26. The third-order valence-electron chi connectivity index (χ3n) is 3.60. The molecule has 2 unspecified atom stereocenters. The molecule has 1 aliphatic rings. The van der Waals surface area contributed by atoms with E-state index < -0.39 is 0 Å². The maximum absolute atomic E-state index is 13.9. The van der Waals surface area contributed by atoms with Crippen LogP contribution < -0.4 is 5.32 Å². The maximum Gasteiger partial charge on any atom is 0.126 e. The van der Waals surface area contributed by atoms with Crippen molar-refractivity contribution < 1.29 is 4.39 Å². The van der Waals surface area contributed by atoms with Crippen molar-refractivity contribution in [2.45, 2.75) is 18.3 Å². The molecule has 0 saturated carbocycles. The minimum Gasteiger partial charge on any atom is -0.316 e. The molecular formula is C14H15FN2S. The van der Waals surface area contributed by atoms with E-state index in [1.807, 2.05) is 23.8 Å². The maximum atomic E-state index is 13.9. The number of thiazole rings is 1. The zero-order valence-electron chi connectivity index (χ0n) is 9.97. The summed E-state index contributed by atoms with van der Waals surface area (Å²) in [7, 11) is 0. The number of piperidine rings is 1. The summed E-state index contributed by atoms with van der Waals surface area (Å²) >= 11 is 1.67. The van der Waals surface area contributed by atoms with Crippen molar-refractivity contribution >= 4 is 11.3 Å². The number of nitrogens with zero attached hydrogens (tertiary/aromatic N) is 1. The molecule has 3 rings (SSSR count). The van der Waals surface area contributed by atoms with Crippen molar-refractivity contribution in [1.29, 1.82) is 0 Å². The summed E-state index contributed by atoms with van der Waals surface area (Å²) < 4.78 is 13.9. The Morgan fingerprint density at radius 1 is 1.28 bits per heavy atom. The van der Waals surface area contributed by atoms with Crippen LogP contribution in [0.1, 0.15) is 28.7 Å². The quantitative estimate of drug-likeness (QED) is 0.899. The van der Waals surface area contributed by atoms with Gasteiger partial charge >= 0.3 is 0 Å². The van der Waals surface area contributed by atoms with Gasteiger partial charge in [0.25, 0.3) is 0 Å². The van der Waals surface area contributed by atoms with E-state index in [0.717, 1.165) is 25.1 Å². The van der Waals surface area contributed by atoms with Gasteiger partial charge in [0.05, 0.1) is 5.51 Å². The van der Waals surface area contributed by atoms with Gasteiger partial charge in [0.1, 0.15) is 5.82 Å². The minimum atomic E-state index is -0.0966. The monoisotopic (exact) mass is 262 g/mol. The molecular weight excluding hydrogens is 247 g/mol. The van der Waals surface area contributed by atoms with Crippen LogP contribution in [0.4, 0.5) is 4.39 Å². The highest BCUT2D eigenvalue weighted by atomic mass is 32.1. The first kappa shape index (κ1) is 11.8. The van der Waals surface area contributed by atoms with Gasteiger partial charge in [0.15, 0.2) is 0 Å². The van der Waals surface area contributed by atoms with Gasteiger partial charge in [-0.05, 0) is 24.6 Å². The number of halogens is 1. The highest BCUT2D eigenvalue weighted by molar-refractivity contribution is 7.09. The zero-order valence-corrected chi connectivity index (χ0v) is 10.8. The molecule has 2 atom stereocenters. The Morgan fingerprint density at radius 2 is 2.17 bits per heavy atom. The summed E-state index contributed by atoms with van der Waals surface area (Å²) in [6.45, 7) is 1.83. The van der Waals surface area contributed by atoms with Crippen molar-refractivity contribution in [2.75, 3.05) is 13.1 Å². The molecule has 0 spiro atoms. The fraction of sp³-hybridized carbons (Fsp3) is 0.357. The van der Waals surface area contributed by atoms with Crippen molar-refractivity contribution in [3.8, 4) is 0 Å². The molecule has 0 bridgehead atoms. The minimum absolute atomic E-state index is 0.0966. The Morgan fingerprint density at radius 3 is 2.94 bits per heavy atom. The van der Waals surface area contributed by atoms with Crippen LogP contribution in [0.5, 0.6) is 0 Å². The first-order valence-corrected chi connectivity index (χ1v) is 7.08. The number of hydrogen-bond acceptors (Lipinski definition) is 3. The lowest BCUT2D eigenvalue weighted by molar-refractivity contribution is 0.397. The Kier molecular flexibility index (Phi) is 3.39. The molecule has 1 N–H and O–H groups in total. The van der Waals surface area contributed by atoms with Crippen LogP contribution in [0, 0.1) is 5.82 Å². The molecule has 2 aromatic rings. The van der Waals surface area contributed by atoms with Gasteiger partial charge in [0, 0.05) is 29.5 Å². The summed E-state index contributed by atoms with van der Waals surface area (Å²) in [5, 5.41) is 3.37. The van der Waals surface area contributed by atoms with E-state index in [9.17, 15) is 4.39 Å². The molecule has 0 amide bonds. The molecule has 0 radical (unpaired) electrons. The predicted octanol–water partition coefficient (Wildman–Crippen LogP) is 3.14. The normalized spacial score (nSPS) is 24.1. The first-order chi connectivity index (χ1) is 8.86. The van der Waals surface area contributed by atoms with Gasteiger partial charge in [-0.3, -0.25) is 4.98 Å². The molecule has 0 aliphatic carbocycles. The number of benzene rings is 1. The van der Waals surface area contributed by atoms with Crippen molar-refractivity contribution in [1.82, 2.24) is 10.3 Å². The van der Waals surface area contributed by atoms with Crippen LogP contribution in [0.25, 0.3) is 0 Å². The summed E-state index contributed by atoms with van der Waals surface area (Å²) in [4.78, 5) is 5.42. The predicted molar refractivity (Wildman–Crippen MR) is 71.5 cm³/mol. The molecule has 2 heterocycles. The van der Waals surface area contributed by atoms with Crippen molar-refractivity contribution in [2.24, 2.45) is 0 Å². The Labute approximate surface area is 110 Å². The van der Waals surface area contributed by atoms with Crippen LogP contribution in [0.2, 0.25) is 0 Å². The van der Waals surface area contributed by atoms with E-state index in [1.165, 1.54) is 4.88 Å². The van der Waals surface area contributed by atoms with Gasteiger partial charge in [-0.15, -0.1) is 11.3 Å². The average molecular weight is 262 g/mol. The van der Waals surface area contributed by atoms with Crippen LogP contribution >= 0.6 is 11.3 Å². The summed E-state index contributed by atoms with van der Waals surface area (Å²) in [6, 6.07) is 7.11. The Bertz CT molecular complexity index is 512. The second kappa shape index (κ2) is 5.16. The molecule has 1 saturated heterocycles. The molecule has 1 aliphatic heterocycles. The standard InChI is InChI=1S/C14H15FN2S/c15-13-4-2-1-3-10(13)12-7-16-6-5-11(12)14-8-17-9-18-14/h1-4,8-9,11-12,16H,5-7H2. The van der Waals surface area contributed by atoms with Crippen molar-refractivity contribution in [3.63, 3.8) is 0 Å². The average Bonchev–Trinajstić information content (AvgIpc) is 2.93. The van der Waals surface area contributed by atoms with Crippen LogP contribution in [0.15, 0.2) is 36.0 Å². The molecule has 4 heteroatoms. The summed E-state index contributed by atoms with van der Waals surface area (Å²) in [6.07, 6.45) is 2.97. The summed E-state index contributed by atoms with van der Waals surface area (Å²) in [5.74, 6) is 0.497. The third kappa shape index (κ3) is 2.18. The fourth-order valence-corrected chi connectivity index (χ4v) is 3.53. The first-order valence-electron chi connectivity index (χ1n) is 6.20. The number of aromatic nitrogens is 1. The molecule has 1 aromatic carbocycles. The highest BCUT2D eigenvalue weighted by Crippen LogP contribution is 2.39. The van der Waals surface area contributed by atoms with E-state index in [2.05, 4.69) is 10.3 Å². The molecule has 18 heavy (non-hydrogen) atoms. The molecule has 2 nitrogen and oxygen atoms in total. The second-order valence-corrected chi connectivity index (χ2v) is 5.55. The van der Waals surface area contributed by atoms with E-state index in [1.54, 1.807) is 23.5 Å². The lowest BCUT2D eigenvalue weighted by atomic mass is 9.80. The van der Waals surface area contributed by atoms with Crippen LogP contribution in [0.3, 0.4) is 0 Å². The van der Waals surface area contributed by atoms with Crippen LogP contribution in [-0.4, -0.2) is 18.1 Å². The van der Waals surface area contributed by atoms with E-state index in [-0.39, 0.29) is 11.7 Å². The topological polar surface area (TPSA) is 24.9 Å². The highest BCUT2D eigenvalue weighted by Gasteiger charge is 2.30. The van der Waals surface area contributed by atoms with Crippen LogP contribution in [-0.2, 0) is 0 Å². The summed E-state index contributed by atoms with van der Waals surface area (Å²) in [5.41, 5.74) is 2.68. The van der Waals surface area contributed by atoms with Gasteiger partial charge in [0.2, 0.25) is 0 Å². The third-order valence-corrected chi connectivity index (χ3v) is 4.51. The Balaban J connectivity index is 1.95. The SMILES string of the molecule is Fc1ccccc1C1CNCCC1c1cncs1. The molecule has 1 fully saturated rings.